The Bertz CT molecular complexity index is 1220. The number of benzene rings is 3. The van der Waals surface area contributed by atoms with E-state index in [4.69, 9.17) is 4.74 Å². The molecule has 3 amide bonds. The maximum atomic E-state index is 13.1. The van der Waals surface area contributed by atoms with Crippen LogP contribution in [0.5, 0.6) is 5.75 Å². The summed E-state index contributed by atoms with van der Waals surface area (Å²) in [6, 6.07) is 11.4. The Morgan fingerprint density at radius 1 is 0.824 bits per heavy atom. The molecule has 3 aromatic rings. The average Bonchev–Trinajstić information content (AvgIpc) is 2.77. The fraction of sp³-hybridized carbons (Fsp3) is 0.130. The minimum absolute atomic E-state index is 0.0852. The van der Waals surface area contributed by atoms with Gasteiger partial charge in [-0.2, -0.15) is 26.3 Å². The first kappa shape index (κ1) is 24.6. The van der Waals surface area contributed by atoms with E-state index in [0.717, 1.165) is 24.3 Å². The number of hydrogen-bond acceptors (Lipinski definition) is 3. The van der Waals surface area contributed by atoms with Gasteiger partial charge < -0.3 is 10.1 Å². The van der Waals surface area contributed by atoms with E-state index in [1.165, 1.54) is 43.5 Å². The second-order valence-corrected chi connectivity index (χ2v) is 6.95. The van der Waals surface area contributed by atoms with Crippen LogP contribution in [0.15, 0.2) is 66.7 Å². The van der Waals surface area contributed by atoms with Crippen molar-refractivity contribution < 1.29 is 40.7 Å². The zero-order valence-corrected chi connectivity index (χ0v) is 17.3. The lowest BCUT2D eigenvalue weighted by Crippen LogP contribution is -2.35. The van der Waals surface area contributed by atoms with Crippen molar-refractivity contribution in [3.63, 3.8) is 0 Å². The number of urea groups is 1. The van der Waals surface area contributed by atoms with Crippen LogP contribution in [0.4, 0.5) is 36.8 Å². The summed E-state index contributed by atoms with van der Waals surface area (Å²) in [4.78, 5) is 24.4. The molecule has 0 fully saturated rings. The molecule has 3 rings (SSSR count). The average molecular weight is 482 g/mol. The van der Waals surface area contributed by atoms with Gasteiger partial charge in [0.2, 0.25) is 0 Å². The van der Waals surface area contributed by atoms with Crippen molar-refractivity contribution in [2.45, 2.75) is 12.4 Å². The molecule has 0 atom stereocenters. The van der Waals surface area contributed by atoms with Gasteiger partial charge in [0.1, 0.15) is 5.75 Å². The van der Waals surface area contributed by atoms with E-state index in [1.807, 2.05) is 5.32 Å². The minimum atomic E-state index is -4.79. The second-order valence-electron chi connectivity index (χ2n) is 6.95. The first-order valence-electron chi connectivity index (χ1n) is 9.54. The summed E-state index contributed by atoms with van der Waals surface area (Å²) in [5.74, 6) is -1.15. The molecule has 3 aromatic carbocycles. The van der Waals surface area contributed by atoms with Crippen LogP contribution in [-0.2, 0) is 12.4 Å². The van der Waals surface area contributed by atoms with E-state index < -0.39 is 41.0 Å². The number of carbonyl (C=O) groups excluding carboxylic acids is 2. The number of alkyl halides is 6. The van der Waals surface area contributed by atoms with Crippen LogP contribution in [0, 0.1) is 0 Å². The maximum absolute atomic E-state index is 13.1. The molecule has 0 radical (unpaired) electrons. The van der Waals surface area contributed by atoms with Crippen LogP contribution in [0.1, 0.15) is 21.5 Å². The normalized spacial score (nSPS) is 11.6. The van der Waals surface area contributed by atoms with E-state index in [2.05, 4.69) is 5.32 Å². The third kappa shape index (κ3) is 5.66. The molecule has 0 aliphatic rings. The number of anilines is 1. The molecule has 11 heteroatoms. The second kappa shape index (κ2) is 9.46. The zero-order valence-electron chi connectivity index (χ0n) is 17.3. The molecule has 34 heavy (non-hydrogen) atoms. The topological polar surface area (TPSA) is 67.4 Å². The van der Waals surface area contributed by atoms with E-state index >= 15 is 0 Å². The summed E-state index contributed by atoms with van der Waals surface area (Å²) >= 11 is 0. The van der Waals surface area contributed by atoms with Gasteiger partial charge >= 0.3 is 18.4 Å². The molecule has 2 N–H and O–H groups in total. The van der Waals surface area contributed by atoms with Gasteiger partial charge in [-0.25, -0.2) is 4.79 Å². The Kier molecular flexibility index (Phi) is 6.85. The lowest BCUT2D eigenvalue weighted by Gasteiger charge is -2.14. The third-order valence-electron chi connectivity index (χ3n) is 4.66. The molecule has 0 saturated heterocycles. The SMILES string of the molecule is COc1cc(NC(=O)NC(=O)c2ccccc2C(F)(F)F)ccc1-c1cccc(C(F)(F)F)c1. The van der Waals surface area contributed by atoms with Gasteiger partial charge in [0.05, 0.1) is 23.8 Å². The van der Waals surface area contributed by atoms with Gasteiger partial charge in [0, 0.05) is 17.3 Å². The van der Waals surface area contributed by atoms with Crippen LogP contribution in [-0.4, -0.2) is 19.0 Å². The Morgan fingerprint density at radius 2 is 1.53 bits per heavy atom. The highest BCUT2D eigenvalue weighted by Crippen LogP contribution is 2.36. The zero-order chi connectivity index (χ0) is 25.1. The number of ether oxygens (including phenoxy) is 1. The number of amides is 3. The van der Waals surface area contributed by atoms with E-state index in [-0.39, 0.29) is 17.0 Å². The van der Waals surface area contributed by atoms with E-state index in [0.29, 0.717) is 11.6 Å². The number of nitrogens with one attached hydrogen (secondary N) is 2. The molecule has 178 valence electrons. The number of carbonyl (C=O) groups is 2. The molecule has 0 aromatic heterocycles. The summed E-state index contributed by atoms with van der Waals surface area (Å²) in [5, 5.41) is 4.09. The fourth-order valence-corrected chi connectivity index (χ4v) is 3.13. The van der Waals surface area contributed by atoms with Crippen molar-refractivity contribution in [2.75, 3.05) is 12.4 Å². The van der Waals surface area contributed by atoms with Crippen molar-refractivity contribution >= 4 is 17.6 Å². The molecular formula is C23H16F6N2O3. The highest BCUT2D eigenvalue weighted by atomic mass is 19.4. The third-order valence-corrected chi connectivity index (χ3v) is 4.66. The molecule has 5 nitrogen and oxygen atoms in total. The lowest BCUT2D eigenvalue weighted by atomic mass is 10.0. The molecule has 0 spiro atoms. The van der Waals surface area contributed by atoms with Crippen molar-refractivity contribution in [1.29, 1.82) is 0 Å². The summed E-state index contributed by atoms with van der Waals surface area (Å²) in [5.41, 5.74) is -2.19. The van der Waals surface area contributed by atoms with Crippen LogP contribution in [0.2, 0.25) is 0 Å². The molecule has 0 saturated carbocycles. The molecule has 0 bridgehead atoms. The van der Waals surface area contributed by atoms with Gasteiger partial charge in [-0.15, -0.1) is 0 Å². The number of rotatable bonds is 4. The molecular weight excluding hydrogens is 466 g/mol. The minimum Gasteiger partial charge on any atom is -0.496 e. The van der Waals surface area contributed by atoms with Crippen molar-refractivity contribution in [3.8, 4) is 16.9 Å². The number of halogens is 6. The van der Waals surface area contributed by atoms with Crippen LogP contribution < -0.4 is 15.4 Å². The van der Waals surface area contributed by atoms with Crippen LogP contribution in [0.25, 0.3) is 11.1 Å². The first-order valence-corrected chi connectivity index (χ1v) is 9.54. The van der Waals surface area contributed by atoms with E-state index in [1.54, 1.807) is 0 Å². The summed E-state index contributed by atoms with van der Waals surface area (Å²) in [6.07, 6.45) is -9.34. The van der Waals surface area contributed by atoms with Crippen molar-refractivity contribution in [2.24, 2.45) is 0 Å². The van der Waals surface area contributed by atoms with Crippen LogP contribution in [0.3, 0.4) is 0 Å². The number of imide groups is 1. The Labute approximate surface area is 189 Å². The van der Waals surface area contributed by atoms with Gasteiger partial charge in [-0.1, -0.05) is 24.3 Å². The summed E-state index contributed by atoms with van der Waals surface area (Å²) in [6.45, 7) is 0. The van der Waals surface area contributed by atoms with Crippen molar-refractivity contribution in [1.82, 2.24) is 5.32 Å². The van der Waals surface area contributed by atoms with Gasteiger partial charge in [0.25, 0.3) is 5.91 Å². The Balaban J connectivity index is 1.79. The number of hydrogen-bond donors (Lipinski definition) is 2. The fourth-order valence-electron chi connectivity index (χ4n) is 3.13. The monoisotopic (exact) mass is 482 g/mol. The maximum Gasteiger partial charge on any atom is 0.417 e. The molecule has 0 unspecified atom stereocenters. The summed E-state index contributed by atoms with van der Waals surface area (Å²) in [7, 11) is 1.27. The largest absolute Gasteiger partial charge is 0.496 e. The van der Waals surface area contributed by atoms with E-state index in [9.17, 15) is 35.9 Å². The molecule has 0 heterocycles. The Morgan fingerprint density at radius 3 is 2.18 bits per heavy atom. The quantitative estimate of drug-likeness (QED) is 0.425. The lowest BCUT2D eigenvalue weighted by molar-refractivity contribution is -0.138. The van der Waals surface area contributed by atoms with Gasteiger partial charge in [0.15, 0.2) is 0 Å². The predicted octanol–water partition coefficient (Wildman–Crippen LogP) is 6.36. The smallest absolute Gasteiger partial charge is 0.417 e. The van der Waals surface area contributed by atoms with Gasteiger partial charge in [-0.05, 0) is 42.0 Å². The molecule has 0 aliphatic carbocycles. The standard InChI is InChI=1S/C23H16F6N2O3/c1-34-19-12-15(9-10-16(19)13-5-4-6-14(11-13)22(24,25)26)30-21(33)31-20(32)17-7-2-3-8-18(17)23(27,28)29/h2-12H,1H3,(H2,30,31,32,33). The Hall–Kier alpha value is -4.02. The van der Waals surface area contributed by atoms with Gasteiger partial charge in [-0.3, -0.25) is 10.1 Å². The summed E-state index contributed by atoms with van der Waals surface area (Å²) < 4.78 is 83.5. The van der Waals surface area contributed by atoms with Crippen LogP contribution >= 0.6 is 0 Å². The first-order chi connectivity index (χ1) is 15.9. The highest BCUT2D eigenvalue weighted by molar-refractivity contribution is 6.08. The highest BCUT2D eigenvalue weighted by Gasteiger charge is 2.35. The molecule has 0 aliphatic heterocycles. The number of methoxy groups -OCH3 is 1. The van der Waals surface area contributed by atoms with Crippen molar-refractivity contribution in [3.05, 3.63) is 83.4 Å². The predicted molar refractivity (Wildman–Crippen MR) is 111 cm³/mol.